The average Bonchev–Trinajstić information content (AvgIpc) is 3.22. The van der Waals surface area contributed by atoms with Crippen LogP contribution in [0.1, 0.15) is 29.8 Å². The summed E-state index contributed by atoms with van der Waals surface area (Å²) in [4.78, 5) is 16.8. The molecule has 4 aromatic rings. The van der Waals surface area contributed by atoms with Gasteiger partial charge >= 0.3 is 12.2 Å². The zero-order valence-corrected chi connectivity index (χ0v) is 18.7. The number of halogens is 4. The molecule has 0 bridgehead atoms. The van der Waals surface area contributed by atoms with Gasteiger partial charge in [0.25, 0.3) is 5.91 Å². The molecule has 0 aliphatic heterocycles. The smallest absolute Gasteiger partial charge is 0.416 e. The maximum Gasteiger partial charge on any atom is 0.416 e. The fraction of sp³-hybridized carbons (Fsp3) is 0.160. The highest BCUT2D eigenvalue weighted by atomic mass is 19.4. The van der Waals surface area contributed by atoms with E-state index in [-0.39, 0.29) is 29.1 Å². The summed E-state index contributed by atoms with van der Waals surface area (Å²) in [5.74, 6) is -0.801. The summed E-state index contributed by atoms with van der Waals surface area (Å²) < 4.78 is 59.7. The van der Waals surface area contributed by atoms with Gasteiger partial charge in [0.2, 0.25) is 0 Å². The highest BCUT2D eigenvalue weighted by Gasteiger charge is 2.30. The van der Waals surface area contributed by atoms with Gasteiger partial charge in [-0.05, 0) is 74.5 Å². The van der Waals surface area contributed by atoms with Crippen LogP contribution in [0.4, 0.5) is 23.2 Å². The number of alkyl halides is 3. The highest BCUT2D eigenvalue weighted by molar-refractivity contribution is 6.04. The van der Waals surface area contributed by atoms with Crippen LogP contribution < -0.4 is 10.1 Å². The molecule has 0 saturated carbocycles. The van der Waals surface area contributed by atoms with E-state index in [0.717, 1.165) is 24.3 Å². The number of ether oxygens (including phenoxy) is 1. The van der Waals surface area contributed by atoms with Gasteiger partial charge in [0.05, 0.1) is 22.9 Å². The van der Waals surface area contributed by atoms with E-state index in [1.807, 2.05) is 13.8 Å². The third kappa shape index (κ3) is 5.48. The Bertz CT molecular complexity index is 1330. The van der Waals surface area contributed by atoms with Gasteiger partial charge in [-0.1, -0.05) is 12.1 Å². The third-order valence-electron chi connectivity index (χ3n) is 4.89. The molecule has 1 heterocycles. The summed E-state index contributed by atoms with van der Waals surface area (Å²) in [5, 5.41) is 6.97. The molecule has 10 heteroatoms. The van der Waals surface area contributed by atoms with Crippen LogP contribution in [0.2, 0.25) is 0 Å². The van der Waals surface area contributed by atoms with E-state index in [2.05, 4.69) is 15.4 Å². The predicted molar refractivity (Wildman–Crippen MR) is 122 cm³/mol. The maximum atomic E-state index is 14.5. The number of hydrogen-bond donors (Lipinski definition) is 1. The molecular formula is C25H20F4N4O2. The molecule has 3 aromatic carbocycles. The fourth-order valence-corrected chi connectivity index (χ4v) is 3.25. The highest BCUT2D eigenvalue weighted by Crippen LogP contribution is 2.29. The second-order valence-corrected chi connectivity index (χ2v) is 7.85. The number of amides is 1. The SMILES string of the molecule is CC(C)Oc1nc(-c2ccccc2F)n(-c2ccc(NC(=O)c3ccc(C(F)(F)F)cc3)cc2)n1. The van der Waals surface area contributed by atoms with E-state index < -0.39 is 23.5 Å². The van der Waals surface area contributed by atoms with Crippen molar-refractivity contribution in [2.45, 2.75) is 26.1 Å². The van der Waals surface area contributed by atoms with Crippen LogP contribution in [-0.2, 0) is 6.18 Å². The van der Waals surface area contributed by atoms with Crippen LogP contribution in [-0.4, -0.2) is 26.8 Å². The largest absolute Gasteiger partial charge is 0.460 e. The van der Waals surface area contributed by atoms with Crippen molar-refractivity contribution in [2.75, 3.05) is 5.32 Å². The Hall–Kier alpha value is -4.21. The van der Waals surface area contributed by atoms with Gasteiger partial charge in [0, 0.05) is 11.3 Å². The second kappa shape index (κ2) is 9.57. The molecule has 1 N–H and O–H groups in total. The van der Waals surface area contributed by atoms with Crippen LogP contribution in [0.3, 0.4) is 0 Å². The first-order valence-electron chi connectivity index (χ1n) is 10.6. The van der Waals surface area contributed by atoms with E-state index in [0.29, 0.717) is 11.4 Å². The number of aromatic nitrogens is 3. The monoisotopic (exact) mass is 484 g/mol. The lowest BCUT2D eigenvalue weighted by Gasteiger charge is -2.10. The molecule has 4 rings (SSSR count). The van der Waals surface area contributed by atoms with Gasteiger partial charge in [-0.15, -0.1) is 5.10 Å². The lowest BCUT2D eigenvalue weighted by molar-refractivity contribution is -0.137. The van der Waals surface area contributed by atoms with Gasteiger partial charge in [0.1, 0.15) is 5.82 Å². The van der Waals surface area contributed by atoms with Crippen molar-refractivity contribution >= 4 is 11.6 Å². The van der Waals surface area contributed by atoms with E-state index in [9.17, 15) is 22.4 Å². The number of anilines is 1. The molecule has 6 nitrogen and oxygen atoms in total. The van der Waals surface area contributed by atoms with Crippen LogP contribution in [0.5, 0.6) is 6.01 Å². The molecule has 35 heavy (non-hydrogen) atoms. The van der Waals surface area contributed by atoms with Gasteiger partial charge in [-0.25, -0.2) is 9.07 Å². The summed E-state index contributed by atoms with van der Waals surface area (Å²) in [6.07, 6.45) is -4.67. The van der Waals surface area contributed by atoms with E-state index >= 15 is 0 Å². The Kier molecular flexibility index (Phi) is 6.54. The number of carbonyl (C=O) groups is 1. The molecule has 0 aliphatic carbocycles. The van der Waals surface area contributed by atoms with Gasteiger partial charge in [0.15, 0.2) is 5.82 Å². The minimum absolute atomic E-state index is 0.0793. The minimum Gasteiger partial charge on any atom is -0.460 e. The first kappa shape index (κ1) is 23.9. The number of carbonyl (C=O) groups excluding carboxylic acids is 1. The Labute approximate surface area is 198 Å². The van der Waals surface area contributed by atoms with Gasteiger partial charge < -0.3 is 10.1 Å². The van der Waals surface area contributed by atoms with Crippen molar-refractivity contribution in [1.29, 1.82) is 0 Å². The summed E-state index contributed by atoms with van der Waals surface area (Å²) in [5.41, 5.74) is 0.415. The molecular weight excluding hydrogens is 464 g/mol. The van der Waals surface area contributed by atoms with Crippen LogP contribution >= 0.6 is 0 Å². The molecule has 1 amide bonds. The summed E-state index contributed by atoms with van der Waals surface area (Å²) >= 11 is 0. The normalized spacial score (nSPS) is 11.5. The Morgan fingerprint density at radius 1 is 0.971 bits per heavy atom. The van der Waals surface area contributed by atoms with Crippen LogP contribution in [0.25, 0.3) is 17.1 Å². The maximum absolute atomic E-state index is 14.5. The zero-order chi connectivity index (χ0) is 25.2. The van der Waals surface area contributed by atoms with E-state index in [1.54, 1.807) is 42.5 Å². The molecule has 0 saturated heterocycles. The molecule has 0 fully saturated rings. The number of benzene rings is 3. The lowest BCUT2D eigenvalue weighted by Crippen LogP contribution is -2.13. The minimum atomic E-state index is -4.48. The lowest BCUT2D eigenvalue weighted by atomic mass is 10.1. The number of nitrogens with one attached hydrogen (secondary N) is 1. The number of nitrogens with zero attached hydrogens (tertiary/aromatic N) is 3. The molecule has 180 valence electrons. The molecule has 0 aliphatic rings. The first-order valence-corrected chi connectivity index (χ1v) is 10.6. The molecule has 1 aromatic heterocycles. The van der Waals surface area contributed by atoms with E-state index in [4.69, 9.17) is 4.74 Å². The van der Waals surface area contributed by atoms with E-state index in [1.165, 1.54) is 10.7 Å². The van der Waals surface area contributed by atoms with Crippen molar-refractivity contribution in [1.82, 2.24) is 14.8 Å². The number of rotatable bonds is 6. The van der Waals surface area contributed by atoms with Gasteiger partial charge in [-0.2, -0.15) is 18.2 Å². The standard InChI is InChI=1S/C25H20F4N4O2/c1-15(2)35-24-31-22(20-5-3-4-6-21(20)26)33(32-24)19-13-11-18(12-14-19)30-23(34)16-7-9-17(10-8-16)25(27,28)29/h3-15H,1-2H3,(H,30,34). The van der Waals surface area contributed by atoms with Crippen LogP contribution in [0, 0.1) is 5.82 Å². The fourth-order valence-electron chi connectivity index (χ4n) is 3.25. The molecule has 0 radical (unpaired) electrons. The first-order chi connectivity index (χ1) is 16.6. The summed E-state index contributed by atoms with van der Waals surface area (Å²) in [7, 11) is 0. The molecule has 0 unspecified atom stereocenters. The zero-order valence-electron chi connectivity index (χ0n) is 18.7. The van der Waals surface area contributed by atoms with Crippen molar-refractivity contribution in [3.8, 4) is 23.1 Å². The van der Waals surface area contributed by atoms with Gasteiger partial charge in [-0.3, -0.25) is 4.79 Å². The third-order valence-corrected chi connectivity index (χ3v) is 4.89. The van der Waals surface area contributed by atoms with Crippen molar-refractivity contribution in [2.24, 2.45) is 0 Å². The Balaban J connectivity index is 1.58. The Morgan fingerprint density at radius 3 is 2.23 bits per heavy atom. The Morgan fingerprint density at radius 2 is 1.63 bits per heavy atom. The predicted octanol–water partition coefficient (Wildman–Crippen LogP) is 6.13. The summed E-state index contributed by atoms with van der Waals surface area (Å²) in [6.45, 7) is 3.63. The number of hydrogen-bond acceptors (Lipinski definition) is 4. The molecule has 0 atom stereocenters. The van der Waals surface area contributed by atoms with Crippen LogP contribution in [0.15, 0.2) is 72.8 Å². The molecule has 0 spiro atoms. The van der Waals surface area contributed by atoms with Crippen molar-refractivity contribution in [3.63, 3.8) is 0 Å². The van der Waals surface area contributed by atoms with Crippen molar-refractivity contribution in [3.05, 3.63) is 89.7 Å². The topological polar surface area (TPSA) is 69.0 Å². The quantitative estimate of drug-likeness (QED) is 0.334. The second-order valence-electron chi connectivity index (χ2n) is 7.85. The average molecular weight is 484 g/mol. The summed E-state index contributed by atoms with van der Waals surface area (Å²) in [6, 6.07) is 16.6. The van der Waals surface area contributed by atoms with Crippen molar-refractivity contribution < 1.29 is 27.1 Å².